The Morgan fingerprint density at radius 1 is 1.50 bits per heavy atom. The first-order valence-corrected chi connectivity index (χ1v) is 7.06. The number of amides is 1. The summed E-state index contributed by atoms with van der Waals surface area (Å²) in [7, 11) is 0. The minimum atomic E-state index is -0.410. The molecule has 1 unspecified atom stereocenters. The predicted octanol–water partition coefficient (Wildman–Crippen LogP) is 0.962. The maximum atomic E-state index is 13.3. The summed E-state index contributed by atoms with van der Waals surface area (Å²) in [5, 5.41) is 6.08. The summed E-state index contributed by atoms with van der Waals surface area (Å²) < 4.78 is 18.7. The maximum Gasteiger partial charge on any atom is 0.250 e. The third-order valence-electron chi connectivity index (χ3n) is 4.11. The Morgan fingerprint density at radius 2 is 2.35 bits per heavy atom. The normalized spacial score (nSPS) is 24.1. The Kier molecular flexibility index (Phi) is 3.72. The van der Waals surface area contributed by atoms with E-state index in [1.165, 1.54) is 6.07 Å². The van der Waals surface area contributed by atoms with Crippen LogP contribution in [0, 0.1) is 5.82 Å². The van der Waals surface area contributed by atoms with Crippen LogP contribution in [0.5, 0.6) is 0 Å². The molecule has 2 fully saturated rings. The third-order valence-corrected chi connectivity index (χ3v) is 4.11. The van der Waals surface area contributed by atoms with E-state index in [2.05, 4.69) is 10.6 Å². The molecule has 1 amide bonds. The van der Waals surface area contributed by atoms with Crippen LogP contribution in [0.2, 0.25) is 0 Å². The number of nitrogens with one attached hydrogen (secondary N) is 2. The lowest BCUT2D eigenvalue weighted by molar-refractivity contribution is -0.134. The predicted molar refractivity (Wildman–Crippen MR) is 72.9 cm³/mol. The monoisotopic (exact) mass is 278 g/mol. The first-order chi connectivity index (χ1) is 9.70. The van der Waals surface area contributed by atoms with Crippen LogP contribution in [0.4, 0.5) is 4.39 Å². The molecule has 2 aliphatic rings. The van der Waals surface area contributed by atoms with Gasteiger partial charge in [-0.2, -0.15) is 0 Å². The minimum Gasteiger partial charge on any atom is -0.366 e. The van der Waals surface area contributed by atoms with Gasteiger partial charge >= 0.3 is 0 Å². The Morgan fingerprint density at radius 3 is 3.00 bits per heavy atom. The van der Waals surface area contributed by atoms with Crippen molar-refractivity contribution in [3.05, 3.63) is 35.6 Å². The average Bonchev–Trinajstić information content (AvgIpc) is 3.27. The third kappa shape index (κ3) is 2.83. The molecular weight excluding hydrogens is 259 g/mol. The molecule has 1 saturated heterocycles. The van der Waals surface area contributed by atoms with Crippen molar-refractivity contribution in [2.24, 2.45) is 0 Å². The first-order valence-electron chi connectivity index (χ1n) is 7.06. The van der Waals surface area contributed by atoms with E-state index in [0.29, 0.717) is 19.7 Å². The van der Waals surface area contributed by atoms with Gasteiger partial charge in [-0.1, -0.05) is 12.1 Å². The van der Waals surface area contributed by atoms with Gasteiger partial charge in [-0.3, -0.25) is 4.79 Å². The van der Waals surface area contributed by atoms with Crippen LogP contribution in [-0.2, 0) is 14.9 Å². The highest BCUT2D eigenvalue weighted by molar-refractivity contribution is 5.81. The van der Waals surface area contributed by atoms with Gasteiger partial charge < -0.3 is 15.4 Å². The lowest BCUT2D eigenvalue weighted by atomic mass is 9.96. The molecular formula is C15H19FN2O2. The van der Waals surface area contributed by atoms with Crippen LogP contribution < -0.4 is 10.6 Å². The molecule has 5 heteroatoms. The van der Waals surface area contributed by atoms with Gasteiger partial charge in [0.2, 0.25) is 5.91 Å². The Bertz CT molecular complexity index is 496. The van der Waals surface area contributed by atoms with Crippen molar-refractivity contribution < 1.29 is 13.9 Å². The second-order valence-corrected chi connectivity index (χ2v) is 5.57. The number of hydrogen-bond acceptors (Lipinski definition) is 3. The van der Waals surface area contributed by atoms with E-state index in [4.69, 9.17) is 4.74 Å². The molecule has 20 heavy (non-hydrogen) atoms. The largest absolute Gasteiger partial charge is 0.366 e. The zero-order chi connectivity index (χ0) is 14.0. The van der Waals surface area contributed by atoms with E-state index >= 15 is 0 Å². The molecule has 108 valence electrons. The zero-order valence-electron chi connectivity index (χ0n) is 11.3. The van der Waals surface area contributed by atoms with Crippen LogP contribution in [0.3, 0.4) is 0 Å². The number of rotatable bonds is 4. The highest BCUT2D eigenvalue weighted by atomic mass is 19.1. The highest BCUT2D eigenvalue weighted by Gasteiger charge is 2.44. The molecule has 1 atom stereocenters. The fourth-order valence-electron chi connectivity index (χ4n) is 2.64. The van der Waals surface area contributed by atoms with E-state index in [-0.39, 0.29) is 17.1 Å². The Hall–Kier alpha value is -1.46. The molecule has 0 radical (unpaired) electrons. The molecule has 1 aromatic carbocycles. The smallest absolute Gasteiger partial charge is 0.250 e. The van der Waals surface area contributed by atoms with Gasteiger partial charge in [0, 0.05) is 25.0 Å². The molecule has 0 bridgehead atoms. The van der Waals surface area contributed by atoms with Gasteiger partial charge in [-0.05, 0) is 30.5 Å². The fourth-order valence-corrected chi connectivity index (χ4v) is 2.64. The molecule has 3 rings (SSSR count). The van der Waals surface area contributed by atoms with Crippen LogP contribution >= 0.6 is 0 Å². The SMILES string of the molecule is O=C(NCC1(c2cccc(F)c2)CC1)C1CNCCO1. The van der Waals surface area contributed by atoms with E-state index < -0.39 is 6.10 Å². The second-order valence-electron chi connectivity index (χ2n) is 5.57. The zero-order valence-corrected chi connectivity index (χ0v) is 11.3. The molecule has 1 aliphatic heterocycles. The van der Waals surface area contributed by atoms with Crippen LogP contribution in [0.25, 0.3) is 0 Å². The highest BCUT2D eigenvalue weighted by Crippen LogP contribution is 2.47. The number of carbonyl (C=O) groups is 1. The van der Waals surface area contributed by atoms with Crippen molar-refractivity contribution in [3.63, 3.8) is 0 Å². The van der Waals surface area contributed by atoms with Gasteiger partial charge in [0.25, 0.3) is 0 Å². The van der Waals surface area contributed by atoms with E-state index in [9.17, 15) is 9.18 Å². The minimum absolute atomic E-state index is 0.0834. The van der Waals surface area contributed by atoms with Crippen molar-refractivity contribution in [1.82, 2.24) is 10.6 Å². The molecule has 4 nitrogen and oxygen atoms in total. The standard InChI is InChI=1S/C15H19FN2O2/c16-12-3-1-2-11(8-12)15(4-5-15)10-18-14(19)13-9-17-6-7-20-13/h1-3,8,13,17H,4-7,9-10H2,(H,18,19). The van der Waals surface area contributed by atoms with Gasteiger partial charge in [0.05, 0.1) is 6.61 Å². The number of ether oxygens (including phenoxy) is 1. The molecule has 0 spiro atoms. The van der Waals surface area contributed by atoms with Gasteiger partial charge in [-0.25, -0.2) is 4.39 Å². The van der Waals surface area contributed by atoms with Gasteiger partial charge in [0.15, 0.2) is 0 Å². The van der Waals surface area contributed by atoms with Crippen molar-refractivity contribution in [1.29, 1.82) is 0 Å². The fraction of sp³-hybridized carbons (Fsp3) is 0.533. The molecule has 1 saturated carbocycles. The van der Waals surface area contributed by atoms with Gasteiger partial charge in [-0.15, -0.1) is 0 Å². The Balaban J connectivity index is 1.59. The Labute approximate surface area is 117 Å². The maximum absolute atomic E-state index is 13.3. The van der Waals surface area contributed by atoms with E-state index in [1.807, 2.05) is 6.07 Å². The molecule has 0 aromatic heterocycles. The summed E-state index contributed by atoms with van der Waals surface area (Å²) in [6.07, 6.45) is 1.56. The topological polar surface area (TPSA) is 50.4 Å². The quantitative estimate of drug-likeness (QED) is 0.862. The number of morpholine rings is 1. The lowest BCUT2D eigenvalue weighted by Crippen LogP contribution is -2.49. The summed E-state index contributed by atoms with van der Waals surface area (Å²) in [6.45, 7) is 2.46. The number of hydrogen-bond donors (Lipinski definition) is 2. The molecule has 2 N–H and O–H groups in total. The van der Waals surface area contributed by atoms with Crippen molar-refractivity contribution in [3.8, 4) is 0 Å². The first kappa shape index (κ1) is 13.5. The number of halogens is 1. The lowest BCUT2D eigenvalue weighted by Gasteiger charge is -2.24. The van der Waals surface area contributed by atoms with Crippen molar-refractivity contribution in [2.45, 2.75) is 24.4 Å². The summed E-state index contributed by atoms with van der Waals surface area (Å²) in [4.78, 5) is 12.0. The van der Waals surface area contributed by atoms with Gasteiger partial charge in [0.1, 0.15) is 11.9 Å². The molecule has 1 aromatic rings. The summed E-state index contributed by atoms with van der Waals surface area (Å²) in [5.74, 6) is -0.306. The summed E-state index contributed by atoms with van der Waals surface area (Å²) >= 11 is 0. The van der Waals surface area contributed by atoms with Crippen molar-refractivity contribution >= 4 is 5.91 Å². The average molecular weight is 278 g/mol. The number of benzene rings is 1. The van der Waals surface area contributed by atoms with Crippen LogP contribution in [-0.4, -0.2) is 38.3 Å². The summed E-state index contributed by atoms with van der Waals surface area (Å²) in [6, 6.07) is 6.67. The van der Waals surface area contributed by atoms with E-state index in [0.717, 1.165) is 24.9 Å². The van der Waals surface area contributed by atoms with Crippen molar-refractivity contribution in [2.75, 3.05) is 26.2 Å². The molecule has 1 heterocycles. The summed E-state index contributed by atoms with van der Waals surface area (Å²) in [5.41, 5.74) is 0.889. The molecule has 1 aliphatic carbocycles. The van der Waals surface area contributed by atoms with Crippen LogP contribution in [0.15, 0.2) is 24.3 Å². The number of carbonyl (C=O) groups excluding carboxylic acids is 1. The van der Waals surface area contributed by atoms with E-state index in [1.54, 1.807) is 12.1 Å². The second kappa shape index (κ2) is 5.50. The van der Waals surface area contributed by atoms with Crippen LogP contribution in [0.1, 0.15) is 18.4 Å².